The average molecular weight is 183 g/mol. The van der Waals surface area contributed by atoms with Crippen molar-refractivity contribution < 1.29 is 0 Å². The summed E-state index contributed by atoms with van der Waals surface area (Å²) in [6.45, 7) is 4.81. The Kier molecular flexibility index (Phi) is 8.95. The molecule has 0 heterocycles. The summed E-state index contributed by atoms with van der Waals surface area (Å²) in [5.74, 6) is 0. The van der Waals surface area contributed by atoms with Gasteiger partial charge in [-0.05, 0) is 40.4 Å². The maximum absolute atomic E-state index is 4.05. The molecule has 3 nitrogen and oxygen atoms in total. The van der Waals surface area contributed by atoms with Crippen LogP contribution in [-0.2, 0) is 0 Å². The standard InChI is InChI=1S/C10H21N3/c1-4-11-10-12-8-6-5-7-9-13(2)3/h4-9H2,1-3H3. The van der Waals surface area contributed by atoms with Gasteiger partial charge < -0.3 is 4.90 Å². The van der Waals surface area contributed by atoms with Crippen LogP contribution in [0.4, 0.5) is 0 Å². The van der Waals surface area contributed by atoms with Crippen LogP contribution >= 0.6 is 0 Å². The molecule has 0 saturated carbocycles. The van der Waals surface area contributed by atoms with Gasteiger partial charge in [0.25, 0.3) is 0 Å². The highest BCUT2D eigenvalue weighted by Gasteiger charge is 1.89. The number of unbranched alkanes of at least 4 members (excludes halogenated alkanes) is 2. The Balaban J connectivity index is 3.12. The van der Waals surface area contributed by atoms with Crippen molar-refractivity contribution >= 4 is 6.01 Å². The lowest BCUT2D eigenvalue weighted by Crippen LogP contribution is -2.12. The molecular weight excluding hydrogens is 162 g/mol. The van der Waals surface area contributed by atoms with E-state index in [0.29, 0.717) is 0 Å². The summed E-state index contributed by atoms with van der Waals surface area (Å²) in [7, 11) is 4.21. The second-order valence-corrected chi connectivity index (χ2v) is 3.32. The molecular formula is C10H21N3. The maximum atomic E-state index is 4.05. The van der Waals surface area contributed by atoms with Crippen molar-refractivity contribution in [3.63, 3.8) is 0 Å². The molecule has 0 radical (unpaired) electrons. The van der Waals surface area contributed by atoms with Gasteiger partial charge in [-0.3, -0.25) is 0 Å². The molecule has 0 saturated heterocycles. The second kappa shape index (κ2) is 9.43. The van der Waals surface area contributed by atoms with E-state index >= 15 is 0 Å². The Morgan fingerprint density at radius 2 is 1.85 bits per heavy atom. The number of hydrogen-bond donors (Lipinski definition) is 0. The van der Waals surface area contributed by atoms with E-state index in [1.165, 1.54) is 19.4 Å². The molecule has 0 fully saturated rings. The predicted molar refractivity (Wildman–Crippen MR) is 57.7 cm³/mol. The molecule has 0 aromatic rings. The van der Waals surface area contributed by atoms with Gasteiger partial charge in [0.15, 0.2) is 0 Å². The molecule has 0 aliphatic rings. The van der Waals surface area contributed by atoms with Gasteiger partial charge in [0, 0.05) is 13.1 Å². The van der Waals surface area contributed by atoms with E-state index in [9.17, 15) is 0 Å². The summed E-state index contributed by atoms with van der Waals surface area (Å²) in [6, 6.07) is 2.67. The van der Waals surface area contributed by atoms with E-state index in [2.05, 4.69) is 35.0 Å². The Bertz CT molecular complexity index is 158. The Hall–Kier alpha value is -0.660. The third-order valence-electron chi connectivity index (χ3n) is 1.67. The SMILES string of the molecule is CCN=C=NCCCCCN(C)C. The number of nitrogens with zero attached hydrogens (tertiary/aromatic N) is 3. The van der Waals surface area contributed by atoms with E-state index in [1.807, 2.05) is 6.92 Å². The molecule has 0 aliphatic heterocycles. The molecule has 0 N–H and O–H groups in total. The largest absolute Gasteiger partial charge is 0.309 e. The zero-order chi connectivity index (χ0) is 9.94. The minimum Gasteiger partial charge on any atom is -0.309 e. The molecule has 76 valence electrons. The molecule has 0 amide bonds. The van der Waals surface area contributed by atoms with Crippen molar-refractivity contribution in [3.8, 4) is 0 Å². The molecule has 0 aromatic carbocycles. The fourth-order valence-electron chi connectivity index (χ4n) is 0.966. The molecule has 0 aliphatic carbocycles. The number of hydrogen-bond acceptors (Lipinski definition) is 3. The minimum absolute atomic E-state index is 0.782. The minimum atomic E-state index is 0.782. The van der Waals surface area contributed by atoms with E-state index in [0.717, 1.165) is 19.5 Å². The number of aliphatic imine (C=N–C) groups is 2. The topological polar surface area (TPSA) is 28.0 Å². The van der Waals surface area contributed by atoms with Crippen molar-refractivity contribution in [2.45, 2.75) is 26.2 Å². The van der Waals surface area contributed by atoms with Crippen LogP contribution in [0.3, 0.4) is 0 Å². The molecule has 0 spiro atoms. The van der Waals surface area contributed by atoms with Crippen LogP contribution in [0.1, 0.15) is 26.2 Å². The smallest absolute Gasteiger partial charge is 0.0892 e. The third kappa shape index (κ3) is 11.3. The van der Waals surface area contributed by atoms with Crippen LogP contribution in [0.15, 0.2) is 9.98 Å². The van der Waals surface area contributed by atoms with Crippen LogP contribution in [0.2, 0.25) is 0 Å². The molecule has 0 aromatic heterocycles. The van der Waals surface area contributed by atoms with Crippen LogP contribution in [0.25, 0.3) is 0 Å². The summed E-state index contributed by atoms with van der Waals surface area (Å²) < 4.78 is 0. The van der Waals surface area contributed by atoms with Gasteiger partial charge in [-0.25, -0.2) is 9.98 Å². The predicted octanol–water partition coefficient (Wildman–Crippen LogP) is 1.91. The first-order valence-corrected chi connectivity index (χ1v) is 5.00. The maximum Gasteiger partial charge on any atom is 0.0892 e. The van der Waals surface area contributed by atoms with Gasteiger partial charge in [-0.15, -0.1) is 0 Å². The van der Waals surface area contributed by atoms with E-state index in [1.54, 1.807) is 0 Å². The summed E-state index contributed by atoms with van der Waals surface area (Å²) in [5.41, 5.74) is 0. The van der Waals surface area contributed by atoms with Crippen molar-refractivity contribution in [2.75, 3.05) is 33.7 Å². The lowest BCUT2D eigenvalue weighted by molar-refractivity contribution is 0.392. The van der Waals surface area contributed by atoms with Gasteiger partial charge in [-0.2, -0.15) is 0 Å². The van der Waals surface area contributed by atoms with Crippen LogP contribution in [-0.4, -0.2) is 44.6 Å². The Labute approximate surface area is 81.6 Å². The molecule has 3 heteroatoms. The van der Waals surface area contributed by atoms with Crippen LogP contribution in [0.5, 0.6) is 0 Å². The zero-order valence-corrected chi connectivity index (χ0v) is 9.08. The number of rotatable bonds is 7. The van der Waals surface area contributed by atoms with Gasteiger partial charge in [0.2, 0.25) is 0 Å². The lowest BCUT2D eigenvalue weighted by Gasteiger charge is -2.07. The zero-order valence-electron chi connectivity index (χ0n) is 9.08. The molecule has 0 atom stereocenters. The van der Waals surface area contributed by atoms with Crippen molar-refractivity contribution in [2.24, 2.45) is 9.98 Å². The van der Waals surface area contributed by atoms with E-state index < -0.39 is 0 Å². The summed E-state index contributed by atoms with van der Waals surface area (Å²) in [4.78, 5) is 10.2. The lowest BCUT2D eigenvalue weighted by atomic mass is 10.2. The molecule has 0 unspecified atom stereocenters. The Morgan fingerprint density at radius 1 is 1.08 bits per heavy atom. The van der Waals surface area contributed by atoms with Crippen LogP contribution < -0.4 is 0 Å². The van der Waals surface area contributed by atoms with Crippen molar-refractivity contribution in [3.05, 3.63) is 0 Å². The molecule has 0 rings (SSSR count). The third-order valence-corrected chi connectivity index (χ3v) is 1.67. The first kappa shape index (κ1) is 12.3. The first-order chi connectivity index (χ1) is 6.27. The van der Waals surface area contributed by atoms with Crippen LogP contribution in [0, 0.1) is 0 Å². The van der Waals surface area contributed by atoms with E-state index in [4.69, 9.17) is 0 Å². The van der Waals surface area contributed by atoms with Gasteiger partial charge in [-0.1, -0.05) is 6.42 Å². The normalized spacial score (nSPS) is 9.85. The average Bonchev–Trinajstić information content (AvgIpc) is 2.09. The summed E-state index contributed by atoms with van der Waals surface area (Å²) >= 11 is 0. The highest BCUT2D eigenvalue weighted by Crippen LogP contribution is 1.95. The Morgan fingerprint density at radius 3 is 2.46 bits per heavy atom. The van der Waals surface area contributed by atoms with Gasteiger partial charge in [0.1, 0.15) is 0 Å². The fourth-order valence-corrected chi connectivity index (χ4v) is 0.966. The molecule has 13 heavy (non-hydrogen) atoms. The second-order valence-electron chi connectivity index (χ2n) is 3.32. The first-order valence-electron chi connectivity index (χ1n) is 5.00. The quantitative estimate of drug-likeness (QED) is 0.438. The summed E-state index contributed by atoms with van der Waals surface area (Å²) in [5, 5.41) is 0. The van der Waals surface area contributed by atoms with Gasteiger partial charge >= 0.3 is 0 Å². The highest BCUT2D eigenvalue weighted by molar-refractivity contribution is 5.40. The highest BCUT2D eigenvalue weighted by atomic mass is 15.0. The molecule has 0 bridgehead atoms. The van der Waals surface area contributed by atoms with Crippen molar-refractivity contribution in [1.82, 2.24) is 4.90 Å². The monoisotopic (exact) mass is 183 g/mol. The fraction of sp³-hybridized carbons (Fsp3) is 0.900. The summed E-state index contributed by atoms with van der Waals surface area (Å²) in [6.07, 6.45) is 3.66. The van der Waals surface area contributed by atoms with E-state index in [-0.39, 0.29) is 0 Å². The van der Waals surface area contributed by atoms with Crippen molar-refractivity contribution in [1.29, 1.82) is 0 Å². The van der Waals surface area contributed by atoms with Gasteiger partial charge in [0.05, 0.1) is 6.01 Å².